The average Bonchev–Trinajstić information content (AvgIpc) is 2.57. The van der Waals surface area contributed by atoms with Gasteiger partial charge in [-0.2, -0.15) is 5.10 Å². The first-order chi connectivity index (χ1) is 6.68. The largest absolute Gasteiger partial charge is 0.268 e. The SMILES string of the molecule is Cn1nccc1-c1ccc(F)c(Br)c1. The quantitative estimate of drug-likeness (QED) is 0.765. The van der Waals surface area contributed by atoms with Gasteiger partial charge in [0.25, 0.3) is 0 Å². The zero-order valence-electron chi connectivity index (χ0n) is 7.54. The van der Waals surface area contributed by atoms with Gasteiger partial charge in [-0.3, -0.25) is 4.68 Å². The van der Waals surface area contributed by atoms with E-state index in [1.807, 2.05) is 13.1 Å². The summed E-state index contributed by atoms with van der Waals surface area (Å²) in [6, 6.07) is 6.80. The molecule has 2 rings (SSSR count). The lowest BCUT2D eigenvalue weighted by Crippen LogP contribution is -1.93. The summed E-state index contributed by atoms with van der Waals surface area (Å²) in [6.07, 6.45) is 1.71. The van der Waals surface area contributed by atoms with E-state index in [0.717, 1.165) is 11.3 Å². The molecule has 4 heteroatoms. The summed E-state index contributed by atoms with van der Waals surface area (Å²) in [5.74, 6) is -0.254. The molecule has 1 aromatic heterocycles. The number of benzene rings is 1. The molecule has 0 amide bonds. The fourth-order valence-electron chi connectivity index (χ4n) is 1.31. The van der Waals surface area contributed by atoms with Gasteiger partial charge in [-0.05, 0) is 40.2 Å². The summed E-state index contributed by atoms with van der Waals surface area (Å²) in [7, 11) is 1.85. The molecule has 0 unspecified atom stereocenters. The molecule has 0 fully saturated rings. The van der Waals surface area contributed by atoms with Gasteiger partial charge >= 0.3 is 0 Å². The van der Waals surface area contributed by atoms with Crippen molar-refractivity contribution in [3.05, 3.63) is 40.8 Å². The number of rotatable bonds is 1. The summed E-state index contributed by atoms with van der Waals surface area (Å²) < 4.78 is 15.2. The van der Waals surface area contributed by atoms with Crippen molar-refractivity contribution in [3.8, 4) is 11.3 Å². The molecule has 14 heavy (non-hydrogen) atoms. The van der Waals surface area contributed by atoms with Crippen LogP contribution in [0.15, 0.2) is 34.9 Å². The molecular formula is C10H8BrFN2. The summed E-state index contributed by atoms with van der Waals surface area (Å²) in [4.78, 5) is 0. The van der Waals surface area contributed by atoms with Crippen molar-refractivity contribution in [2.24, 2.45) is 7.05 Å². The van der Waals surface area contributed by atoms with Crippen molar-refractivity contribution in [1.29, 1.82) is 0 Å². The predicted octanol–water partition coefficient (Wildman–Crippen LogP) is 2.99. The minimum atomic E-state index is -0.254. The third-order valence-corrected chi connectivity index (χ3v) is 2.64. The second-order valence-electron chi connectivity index (χ2n) is 2.97. The Kier molecular flexibility index (Phi) is 2.37. The molecule has 72 valence electrons. The fraction of sp³-hybridized carbons (Fsp3) is 0.100. The molecule has 0 N–H and O–H groups in total. The molecule has 2 nitrogen and oxygen atoms in total. The molecule has 0 atom stereocenters. The van der Waals surface area contributed by atoms with E-state index in [4.69, 9.17) is 0 Å². The molecule has 1 aromatic carbocycles. The third-order valence-electron chi connectivity index (χ3n) is 2.04. The van der Waals surface area contributed by atoms with Crippen molar-refractivity contribution in [2.75, 3.05) is 0 Å². The molecule has 0 bridgehead atoms. The van der Waals surface area contributed by atoms with Gasteiger partial charge in [0.2, 0.25) is 0 Å². The van der Waals surface area contributed by atoms with Crippen LogP contribution in [0, 0.1) is 5.82 Å². The molecule has 0 spiro atoms. The Morgan fingerprint density at radius 3 is 2.71 bits per heavy atom. The normalized spacial score (nSPS) is 10.5. The van der Waals surface area contributed by atoms with E-state index in [0.29, 0.717) is 4.47 Å². The van der Waals surface area contributed by atoms with Crippen LogP contribution in [0.5, 0.6) is 0 Å². The number of aromatic nitrogens is 2. The summed E-state index contributed by atoms with van der Waals surface area (Å²) in [5.41, 5.74) is 1.91. The summed E-state index contributed by atoms with van der Waals surface area (Å²) in [6.45, 7) is 0. The Labute approximate surface area is 89.5 Å². The van der Waals surface area contributed by atoms with Crippen LogP contribution in [0.25, 0.3) is 11.3 Å². The van der Waals surface area contributed by atoms with E-state index < -0.39 is 0 Å². The van der Waals surface area contributed by atoms with Gasteiger partial charge in [-0.1, -0.05) is 0 Å². The maximum atomic E-state index is 13.0. The van der Waals surface area contributed by atoms with E-state index in [2.05, 4.69) is 21.0 Å². The Morgan fingerprint density at radius 2 is 2.14 bits per heavy atom. The average molecular weight is 255 g/mol. The zero-order valence-corrected chi connectivity index (χ0v) is 9.12. The van der Waals surface area contributed by atoms with Crippen LogP contribution in [0.1, 0.15) is 0 Å². The van der Waals surface area contributed by atoms with Gasteiger partial charge < -0.3 is 0 Å². The summed E-state index contributed by atoms with van der Waals surface area (Å²) in [5, 5.41) is 4.05. The topological polar surface area (TPSA) is 17.8 Å². The number of nitrogens with zero attached hydrogens (tertiary/aromatic N) is 2. The second kappa shape index (κ2) is 3.53. The fourth-order valence-corrected chi connectivity index (χ4v) is 1.69. The molecule has 0 radical (unpaired) electrons. The van der Waals surface area contributed by atoms with Crippen LogP contribution in [-0.4, -0.2) is 9.78 Å². The minimum absolute atomic E-state index is 0.254. The van der Waals surface area contributed by atoms with E-state index in [1.54, 1.807) is 23.0 Å². The lowest BCUT2D eigenvalue weighted by Gasteiger charge is -2.02. The van der Waals surface area contributed by atoms with Gasteiger partial charge in [0.1, 0.15) is 5.82 Å². The minimum Gasteiger partial charge on any atom is -0.268 e. The lowest BCUT2D eigenvalue weighted by atomic mass is 10.1. The van der Waals surface area contributed by atoms with E-state index >= 15 is 0 Å². The molecule has 1 heterocycles. The van der Waals surface area contributed by atoms with Crippen LogP contribution in [0.2, 0.25) is 0 Å². The van der Waals surface area contributed by atoms with E-state index in [9.17, 15) is 4.39 Å². The Balaban J connectivity index is 2.53. The van der Waals surface area contributed by atoms with Gasteiger partial charge in [0, 0.05) is 18.8 Å². The highest BCUT2D eigenvalue weighted by molar-refractivity contribution is 9.10. The number of hydrogen-bond donors (Lipinski definition) is 0. The van der Waals surface area contributed by atoms with Crippen molar-refractivity contribution >= 4 is 15.9 Å². The number of aryl methyl sites for hydroxylation is 1. The van der Waals surface area contributed by atoms with Crippen molar-refractivity contribution in [1.82, 2.24) is 9.78 Å². The maximum Gasteiger partial charge on any atom is 0.137 e. The van der Waals surface area contributed by atoms with Crippen LogP contribution in [-0.2, 0) is 7.05 Å². The third kappa shape index (κ3) is 1.57. The monoisotopic (exact) mass is 254 g/mol. The predicted molar refractivity (Wildman–Crippen MR) is 56.3 cm³/mol. The van der Waals surface area contributed by atoms with Gasteiger partial charge in [0.05, 0.1) is 10.2 Å². The van der Waals surface area contributed by atoms with E-state index in [-0.39, 0.29) is 5.82 Å². The molecule has 0 saturated carbocycles. The Bertz CT molecular complexity index is 465. The number of halogens is 2. The molecule has 0 aliphatic rings. The summed E-state index contributed by atoms with van der Waals surface area (Å²) >= 11 is 3.15. The van der Waals surface area contributed by atoms with Crippen LogP contribution < -0.4 is 0 Å². The molecule has 2 aromatic rings. The van der Waals surface area contributed by atoms with Crippen molar-refractivity contribution in [2.45, 2.75) is 0 Å². The highest BCUT2D eigenvalue weighted by atomic mass is 79.9. The lowest BCUT2D eigenvalue weighted by molar-refractivity contribution is 0.621. The molecule has 0 saturated heterocycles. The molecule has 0 aliphatic carbocycles. The first-order valence-corrected chi connectivity index (χ1v) is 4.91. The number of hydrogen-bond acceptors (Lipinski definition) is 1. The van der Waals surface area contributed by atoms with Crippen molar-refractivity contribution in [3.63, 3.8) is 0 Å². The second-order valence-corrected chi connectivity index (χ2v) is 3.82. The maximum absolute atomic E-state index is 13.0. The standard InChI is InChI=1S/C10H8BrFN2/c1-14-10(4-5-13-14)7-2-3-9(12)8(11)6-7/h2-6H,1H3. The Morgan fingerprint density at radius 1 is 1.36 bits per heavy atom. The molecular weight excluding hydrogens is 247 g/mol. The van der Waals surface area contributed by atoms with Crippen LogP contribution in [0.3, 0.4) is 0 Å². The molecule has 0 aliphatic heterocycles. The van der Waals surface area contributed by atoms with Gasteiger partial charge in [-0.25, -0.2) is 4.39 Å². The highest BCUT2D eigenvalue weighted by Gasteiger charge is 2.05. The zero-order chi connectivity index (χ0) is 10.1. The van der Waals surface area contributed by atoms with Crippen LogP contribution in [0.4, 0.5) is 4.39 Å². The first kappa shape index (κ1) is 9.40. The Hall–Kier alpha value is -1.16. The van der Waals surface area contributed by atoms with Crippen LogP contribution >= 0.6 is 15.9 Å². The van der Waals surface area contributed by atoms with Gasteiger partial charge in [-0.15, -0.1) is 0 Å². The van der Waals surface area contributed by atoms with Gasteiger partial charge in [0.15, 0.2) is 0 Å². The first-order valence-electron chi connectivity index (χ1n) is 4.12. The van der Waals surface area contributed by atoms with Crippen molar-refractivity contribution < 1.29 is 4.39 Å². The highest BCUT2D eigenvalue weighted by Crippen LogP contribution is 2.24. The van der Waals surface area contributed by atoms with E-state index in [1.165, 1.54) is 6.07 Å². The smallest absolute Gasteiger partial charge is 0.137 e.